The number of methoxy groups -OCH3 is 1. The van der Waals surface area contributed by atoms with E-state index in [2.05, 4.69) is 10.6 Å². The fourth-order valence-corrected chi connectivity index (χ4v) is 6.21. The summed E-state index contributed by atoms with van der Waals surface area (Å²) < 4.78 is 34.0. The molecule has 32 heavy (non-hydrogen) atoms. The molecule has 1 heterocycles. The zero-order chi connectivity index (χ0) is 23.2. The maximum Gasteiger partial charge on any atom is 0.256 e. The number of ether oxygens (including phenoxy) is 1. The van der Waals surface area contributed by atoms with Crippen LogP contribution in [0.4, 0.5) is 0 Å². The van der Waals surface area contributed by atoms with Gasteiger partial charge < -0.3 is 20.5 Å². The summed E-state index contributed by atoms with van der Waals surface area (Å²) in [4.78, 5) is 13.3. The molecule has 1 fully saturated rings. The molecule has 1 aliphatic rings. The fraction of sp³-hybridized carbons (Fsp3) is 0.435. The summed E-state index contributed by atoms with van der Waals surface area (Å²) in [6.07, 6.45) is 1.06. The molecule has 0 bridgehead atoms. The number of carbonyl (C=O) groups is 1. The molecule has 8 nitrogen and oxygen atoms in total. The summed E-state index contributed by atoms with van der Waals surface area (Å²) in [6.45, 7) is 0.861. The van der Waals surface area contributed by atoms with Gasteiger partial charge in [-0.1, -0.05) is 42.5 Å². The van der Waals surface area contributed by atoms with Crippen LogP contribution < -0.4 is 15.4 Å². The highest BCUT2D eigenvalue weighted by Crippen LogP contribution is 2.40. The van der Waals surface area contributed by atoms with Crippen LogP contribution in [0.2, 0.25) is 0 Å². The number of piperidine rings is 1. The largest absolute Gasteiger partial charge is 0.496 e. The van der Waals surface area contributed by atoms with Crippen molar-refractivity contribution >= 4 is 15.9 Å². The van der Waals surface area contributed by atoms with Crippen molar-refractivity contribution in [1.82, 2.24) is 14.9 Å². The van der Waals surface area contributed by atoms with Crippen molar-refractivity contribution in [3.8, 4) is 5.75 Å². The number of benzene rings is 2. The minimum Gasteiger partial charge on any atom is -0.496 e. The maximum absolute atomic E-state index is 13.8. The molecule has 0 radical (unpaired) electrons. The van der Waals surface area contributed by atoms with Gasteiger partial charge in [0, 0.05) is 19.0 Å². The van der Waals surface area contributed by atoms with Gasteiger partial charge in [-0.3, -0.25) is 4.79 Å². The summed E-state index contributed by atoms with van der Waals surface area (Å²) in [6, 6.07) is 16.2. The van der Waals surface area contributed by atoms with Gasteiger partial charge in [-0.05, 0) is 43.6 Å². The van der Waals surface area contributed by atoms with E-state index in [1.54, 1.807) is 24.3 Å². The lowest BCUT2D eigenvalue weighted by atomic mass is 9.72. The molecule has 1 amide bonds. The van der Waals surface area contributed by atoms with E-state index in [-0.39, 0.29) is 18.7 Å². The van der Waals surface area contributed by atoms with Gasteiger partial charge in [-0.25, -0.2) is 12.7 Å². The Balaban J connectivity index is 2.12. The smallest absolute Gasteiger partial charge is 0.256 e. The standard InChI is InChI=1S/C23H31N3O5S/c1-26(16-17-27)32(29,30)22(25-21(28)19-10-6-7-11-20(19)31-2)23(12-14-24-15-13-23)18-8-4-3-5-9-18/h3-11,22,24,27H,12-17H2,1-2H3,(H,25,28). The van der Waals surface area contributed by atoms with Gasteiger partial charge in [0.15, 0.2) is 5.37 Å². The predicted octanol–water partition coefficient (Wildman–Crippen LogP) is 1.33. The minimum absolute atomic E-state index is 0.0630. The number of aliphatic hydroxyl groups is 1. The Kier molecular flexibility index (Phi) is 7.89. The van der Waals surface area contributed by atoms with Gasteiger partial charge >= 0.3 is 0 Å². The molecular weight excluding hydrogens is 430 g/mol. The zero-order valence-electron chi connectivity index (χ0n) is 18.5. The summed E-state index contributed by atoms with van der Waals surface area (Å²) in [5.74, 6) is -0.161. The number of carbonyl (C=O) groups excluding carboxylic acids is 1. The molecule has 2 aromatic carbocycles. The first-order valence-corrected chi connectivity index (χ1v) is 12.1. The molecule has 1 unspecified atom stereocenters. The number of para-hydroxylation sites is 1. The topological polar surface area (TPSA) is 108 Å². The molecule has 0 saturated carbocycles. The van der Waals surface area contributed by atoms with Gasteiger partial charge in [0.2, 0.25) is 10.0 Å². The van der Waals surface area contributed by atoms with Gasteiger partial charge in [0.25, 0.3) is 5.91 Å². The number of sulfonamides is 1. The van der Waals surface area contributed by atoms with Gasteiger partial charge in [-0.2, -0.15) is 0 Å². The van der Waals surface area contributed by atoms with E-state index < -0.39 is 26.7 Å². The highest BCUT2D eigenvalue weighted by Gasteiger charge is 2.50. The lowest BCUT2D eigenvalue weighted by molar-refractivity contribution is 0.0920. The van der Waals surface area contributed by atoms with Gasteiger partial charge in [-0.15, -0.1) is 0 Å². The molecule has 1 atom stereocenters. The number of rotatable bonds is 9. The van der Waals surface area contributed by atoms with Crippen molar-refractivity contribution in [1.29, 1.82) is 0 Å². The second-order valence-corrected chi connectivity index (χ2v) is 10.0. The predicted molar refractivity (Wildman–Crippen MR) is 123 cm³/mol. The summed E-state index contributed by atoms with van der Waals surface area (Å²) in [5.41, 5.74) is 0.275. The van der Waals surface area contributed by atoms with Gasteiger partial charge in [0.1, 0.15) is 5.75 Å². The molecule has 174 valence electrons. The van der Waals surface area contributed by atoms with E-state index >= 15 is 0 Å². The van der Waals surface area contributed by atoms with Crippen molar-refractivity contribution in [2.45, 2.75) is 23.6 Å². The first-order valence-electron chi connectivity index (χ1n) is 10.6. The molecule has 0 aliphatic carbocycles. The molecule has 0 aromatic heterocycles. The van der Waals surface area contributed by atoms with E-state index in [0.29, 0.717) is 31.7 Å². The second kappa shape index (κ2) is 10.4. The van der Waals surface area contributed by atoms with Crippen LogP contribution in [0.3, 0.4) is 0 Å². The molecule has 1 saturated heterocycles. The van der Waals surface area contributed by atoms with Crippen LogP contribution in [0.5, 0.6) is 5.75 Å². The van der Waals surface area contributed by atoms with E-state index in [1.807, 2.05) is 30.3 Å². The quantitative estimate of drug-likeness (QED) is 0.520. The average molecular weight is 462 g/mol. The molecule has 9 heteroatoms. The SMILES string of the molecule is COc1ccccc1C(=O)NC(C1(c2ccccc2)CCNCC1)S(=O)(=O)N(C)CCO. The highest BCUT2D eigenvalue weighted by molar-refractivity contribution is 7.89. The summed E-state index contributed by atoms with van der Waals surface area (Å²) in [7, 11) is -1.13. The third-order valence-corrected chi connectivity index (χ3v) is 8.32. The Hall–Kier alpha value is -2.46. The number of amides is 1. The first-order chi connectivity index (χ1) is 15.4. The molecule has 3 N–H and O–H groups in total. The third kappa shape index (κ3) is 4.80. The van der Waals surface area contributed by atoms with Crippen molar-refractivity contribution in [3.05, 3.63) is 65.7 Å². The van der Waals surface area contributed by atoms with Crippen LogP contribution in [0.1, 0.15) is 28.8 Å². The molecular formula is C23H31N3O5S. The van der Waals surface area contributed by atoms with E-state index in [9.17, 15) is 18.3 Å². The zero-order valence-corrected chi connectivity index (χ0v) is 19.3. The normalized spacial score (nSPS) is 17.0. The Labute approximate surface area is 189 Å². The Morgan fingerprint density at radius 3 is 2.41 bits per heavy atom. The minimum atomic E-state index is -4.02. The number of nitrogens with one attached hydrogen (secondary N) is 2. The highest BCUT2D eigenvalue weighted by atomic mass is 32.2. The average Bonchev–Trinajstić information content (AvgIpc) is 2.83. The second-order valence-electron chi connectivity index (χ2n) is 7.92. The molecule has 3 rings (SSSR count). The number of hydrogen-bond acceptors (Lipinski definition) is 6. The summed E-state index contributed by atoms with van der Waals surface area (Å²) in [5, 5.41) is 14.3. The van der Waals surface area contributed by atoms with Crippen molar-refractivity contribution in [2.75, 3.05) is 40.4 Å². The van der Waals surface area contributed by atoms with Crippen LogP contribution in [0, 0.1) is 0 Å². The van der Waals surface area contributed by atoms with Crippen LogP contribution >= 0.6 is 0 Å². The first kappa shape index (κ1) is 24.2. The molecule has 0 spiro atoms. The van der Waals surface area contributed by atoms with Crippen LogP contribution in [-0.4, -0.2) is 69.5 Å². The van der Waals surface area contributed by atoms with Crippen molar-refractivity contribution in [2.24, 2.45) is 0 Å². The maximum atomic E-state index is 13.8. The lowest BCUT2D eigenvalue weighted by Crippen LogP contribution is -2.61. The third-order valence-electron chi connectivity index (χ3n) is 6.11. The Morgan fingerprint density at radius 1 is 1.16 bits per heavy atom. The van der Waals surface area contributed by atoms with E-state index in [0.717, 1.165) is 9.87 Å². The van der Waals surface area contributed by atoms with Crippen molar-refractivity contribution in [3.63, 3.8) is 0 Å². The Bertz CT molecular complexity index is 1010. The molecule has 1 aliphatic heterocycles. The van der Waals surface area contributed by atoms with Crippen LogP contribution in [-0.2, 0) is 15.4 Å². The number of hydrogen-bond donors (Lipinski definition) is 3. The van der Waals surface area contributed by atoms with E-state index in [1.165, 1.54) is 14.2 Å². The van der Waals surface area contributed by atoms with Crippen molar-refractivity contribution < 1.29 is 23.1 Å². The fourth-order valence-electron chi connectivity index (χ4n) is 4.32. The number of aliphatic hydroxyl groups excluding tert-OH is 1. The lowest BCUT2D eigenvalue weighted by Gasteiger charge is -2.45. The van der Waals surface area contributed by atoms with Crippen LogP contribution in [0.15, 0.2) is 54.6 Å². The number of likely N-dealkylation sites (N-methyl/N-ethyl adjacent to an activating group) is 1. The van der Waals surface area contributed by atoms with Crippen LogP contribution in [0.25, 0.3) is 0 Å². The van der Waals surface area contributed by atoms with Gasteiger partial charge in [0.05, 0.1) is 19.3 Å². The van der Waals surface area contributed by atoms with E-state index in [4.69, 9.17) is 4.74 Å². The Morgan fingerprint density at radius 2 is 1.78 bits per heavy atom. The summed E-state index contributed by atoms with van der Waals surface area (Å²) >= 11 is 0. The number of nitrogens with zero attached hydrogens (tertiary/aromatic N) is 1. The molecule has 2 aromatic rings. The monoisotopic (exact) mass is 461 g/mol.